The lowest BCUT2D eigenvalue weighted by Gasteiger charge is -2.17. The van der Waals surface area contributed by atoms with Crippen LogP contribution >= 0.6 is 15.9 Å². The summed E-state index contributed by atoms with van der Waals surface area (Å²) in [4.78, 5) is 12.2. The van der Waals surface area contributed by atoms with E-state index in [-0.39, 0.29) is 11.6 Å². The highest BCUT2D eigenvalue weighted by Crippen LogP contribution is 2.17. The Bertz CT molecular complexity index is 601. The van der Waals surface area contributed by atoms with Crippen LogP contribution in [0.15, 0.2) is 48.5 Å². The van der Waals surface area contributed by atoms with E-state index < -0.39 is 11.7 Å². The third kappa shape index (κ3) is 3.25. The number of nitrogens with one attached hydrogen (secondary N) is 1. The first-order valence-electron chi connectivity index (χ1n) is 6.30. The quantitative estimate of drug-likeness (QED) is 0.840. The van der Waals surface area contributed by atoms with Gasteiger partial charge in [0.1, 0.15) is 5.82 Å². The van der Waals surface area contributed by atoms with E-state index in [2.05, 4.69) is 21.2 Å². The van der Waals surface area contributed by atoms with E-state index in [1.165, 1.54) is 6.07 Å². The summed E-state index contributed by atoms with van der Waals surface area (Å²) in [5, 5.41) is 3.41. The van der Waals surface area contributed by atoms with E-state index in [0.29, 0.717) is 10.9 Å². The third-order valence-electron chi connectivity index (χ3n) is 3.10. The second-order valence-electron chi connectivity index (χ2n) is 4.53. The fourth-order valence-corrected chi connectivity index (χ4v) is 2.49. The highest BCUT2D eigenvalue weighted by atomic mass is 79.9. The minimum atomic E-state index is -0.466. The molecule has 2 aromatic rings. The molecule has 1 N–H and O–H groups in total. The first-order chi connectivity index (χ1) is 9.63. The van der Waals surface area contributed by atoms with Crippen LogP contribution in [0.1, 0.15) is 27.5 Å². The van der Waals surface area contributed by atoms with Gasteiger partial charge in [0.2, 0.25) is 0 Å². The van der Waals surface area contributed by atoms with Crippen molar-refractivity contribution < 1.29 is 9.18 Å². The minimum Gasteiger partial charge on any atom is -0.344 e. The largest absolute Gasteiger partial charge is 0.344 e. The zero-order valence-electron chi connectivity index (χ0n) is 11.1. The monoisotopic (exact) mass is 335 g/mol. The molecule has 0 spiro atoms. The molecule has 0 aliphatic heterocycles. The maximum Gasteiger partial charge on any atom is 0.254 e. The van der Waals surface area contributed by atoms with Crippen molar-refractivity contribution in [1.82, 2.24) is 5.32 Å². The molecule has 2 rings (SSSR count). The van der Waals surface area contributed by atoms with Gasteiger partial charge in [-0.2, -0.15) is 0 Å². The van der Waals surface area contributed by atoms with Gasteiger partial charge in [-0.25, -0.2) is 4.39 Å². The van der Waals surface area contributed by atoms with Gasteiger partial charge < -0.3 is 5.32 Å². The van der Waals surface area contributed by atoms with Crippen molar-refractivity contribution in [2.45, 2.75) is 13.0 Å². The van der Waals surface area contributed by atoms with Gasteiger partial charge in [0.05, 0.1) is 11.6 Å². The summed E-state index contributed by atoms with van der Waals surface area (Å²) in [6.07, 6.45) is 0. The highest BCUT2D eigenvalue weighted by Gasteiger charge is 2.17. The van der Waals surface area contributed by atoms with E-state index in [4.69, 9.17) is 0 Å². The molecule has 1 atom stereocenters. The molecule has 0 radical (unpaired) electrons. The van der Waals surface area contributed by atoms with Gasteiger partial charge in [0, 0.05) is 5.33 Å². The molecule has 2 nitrogen and oxygen atoms in total. The summed E-state index contributed by atoms with van der Waals surface area (Å²) >= 11 is 3.38. The molecule has 0 saturated carbocycles. The second-order valence-corrected chi connectivity index (χ2v) is 5.17. The molecule has 0 heterocycles. The first-order valence-corrected chi connectivity index (χ1v) is 7.42. The predicted molar refractivity (Wildman–Crippen MR) is 81.6 cm³/mol. The molecule has 0 fully saturated rings. The van der Waals surface area contributed by atoms with E-state index >= 15 is 0 Å². The van der Waals surface area contributed by atoms with Crippen molar-refractivity contribution in [3.63, 3.8) is 0 Å². The summed E-state index contributed by atoms with van der Waals surface area (Å²) < 4.78 is 13.9. The summed E-state index contributed by atoms with van der Waals surface area (Å²) in [5.74, 6) is -0.870. The van der Waals surface area contributed by atoms with Crippen LogP contribution in [0.25, 0.3) is 0 Å². The molecule has 1 amide bonds. The Morgan fingerprint density at radius 3 is 2.55 bits per heavy atom. The Morgan fingerprint density at radius 1 is 1.20 bits per heavy atom. The van der Waals surface area contributed by atoms with Gasteiger partial charge in [-0.15, -0.1) is 0 Å². The number of alkyl halides is 1. The Labute approximate surface area is 126 Å². The fourth-order valence-electron chi connectivity index (χ4n) is 1.96. The Hall–Kier alpha value is -1.68. The Kier molecular flexibility index (Phi) is 4.90. The summed E-state index contributed by atoms with van der Waals surface area (Å²) in [7, 11) is 0. The molecular formula is C16H15BrFNO. The fraction of sp³-hybridized carbons (Fsp3) is 0.188. The van der Waals surface area contributed by atoms with Crippen LogP contribution in [0.3, 0.4) is 0 Å². The highest BCUT2D eigenvalue weighted by molar-refractivity contribution is 9.09. The number of rotatable bonds is 4. The average Bonchev–Trinajstić information content (AvgIpc) is 2.48. The van der Waals surface area contributed by atoms with Gasteiger partial charge >= 0.3 is 0 Å². The average molecular weight is 336 g/mol. The first kappa shape index (κ1) is 14.7. The lowest BCUT2D eigenvalue weighted by Crippen LogP contribution is -2.30. The maximum absolute atomic E-state index is 13.9. The molecule has 20 heavy (non-hydrogen) atoms. The summed E-state index contributed by atoms with van der Waals surface area (Å²) in [5.41, 5.74) is 1.52. The molecule has 104 valence electrons. The van der Waals surface area contributed by atoms with E-state index in [1.54, 1.807) is 19.1 Å². The smallest absolute Gasteiger partial charge is 0.254 e. The number of hydrogen-bond acceptors (Lipinski definition) is 1. The molecule has 0 aliphatic rings. The van der Waals surface area contributed by atoms with Gasteiger partial charge in [0.15, 0.2) is 0 Å². The van der Waals surface area contributed by atoms with Crippen LogP contribution in [0.2, 0.25) is 0 Å². The van der Waals surface area contributed by atoms with Gasteiger partial charge in [-0.1, -0.05) is 58.4 Å². The lowest BCUT2D eigenvalue weighted by molar-refractivity contribution is 0.0936. The SMILES string of the molecule is Cc1cccc(C(=O)NC(CBr)c2ccccc2)c1F. The number of benzene rings is 2. The Balaban J connectivity index is 2.20. The van der Waals surface area contributed by atoms with E-state index in [9.17, 15) is 9.18 Å². The number of aryl methyl sites for hydroxylation is 1. The molecule has 1 unspecified atom stereocenters. The number of carbonyl (C=O) groups excluding carboxylic acids is 1. The molecule has 0 aliphatic carbocycles. The molecule has 2 aromatic carbocycles. The molecular weight excluding hydrogens is 321 g/mol. The van der Waals surface area contributed by atoms with Crippen molar-refractivity contribution in [2.24, 2.45) is 0 Å². The summed E-state index contributed by atoms with van der Waals surface area (Å²) in [6.45, 7) is 1.64. The van der Waals surface area contributed by atoms with E-state index in [0.717, 1.165) is 5.56 Å². The van der Waals surface area contributed by atoms with Crippen molar-refractivity contribution in [2.75, 3.05) is 5.33 Å². The predicted octanol–water partition coefficient (Wildman–Crippen LogP) is 4.00. The zero-order chi connectivity index (χ0) is 14.5. The molecule has 0 saturated heterocycles. The Morgan fingerprint density at radius 2 is 1.90 bits per heavy atom. The van der Waals surface area contributed by atoms with Crippen LogP contribution < -0.4 is 5.32 Å². The van der Waals surface area contributed by atoms with Crippen molar-refractivity contribution >= 4 is 21.8 Å². The van der Waals surface area contributed by atoms with Gasteiger partial charge in [-0.05, 0) is 24.1 Å². The standard InChI is InChI=1S/C16H15BrFNO/c1-11-6-5-9-13(15(11)18)16(20)19-14(10-17)12-7-3-2-4-8-12/h2-9,14H,10H2,1H3,(H,19,20). The number of hydrogen-bond donors (Lipinski definition) is 1. The molecule has 0 aromatic heterocycles. The van der Waals surface area contributed by atoms with Crippen LogP contribution in [-0.2, 0) is 0 Å². The summed E-state index contributed by atoms with van der Waals surface area (Å²) in [6, 6.07) is 14.2. The van der Waals surface area contributed by atoms with E-state index in [1.807, 2.05) is 30.3 Å². The van der Waals surface area contributed by atoms with Crippen molar-refractivity contribution in [1.29, 1.82) is 0 Å². The number of carbonyl (C=O) groups is 1. The third-order valence-corrected chi connectivity index (χ3v) is 3.75. The molecule has 0 bridgehead atoms. The zero-order valence-corrected chi connectivity index (χ0v) is 12.7. The second kappa shape index (κ2) is 6.66. The van der Waals surface area contributed by atoms with Crippen LogP contribution in [0.5, 0.6) is 0 Å². The topological polar surface area (TPSA) is 29.1 Å². The maximum atomic E-state index is 13.9. The number of halogens is 2. The van der Waals surface area contributed by atoms with Crippen molar-refractivity contribution in [3.8, 4) is 0 Å². The van der Waals surface area contributed by atoms with Crippen LogP contribution in [0, 0.1) is 12.7 Å². The van der Waals surface area contributed by atoms with Gasteiger partial charge in [-0.3, -0.25) is 4.79 Å². The van der Waals surface area contributed by atoms with Gasteiger partial charge in [0.25, 0.3) is 5.91 Å². The normalized spacial score (nSPS) is 11.9. The van der Waals surface area contributed by atoms with Crippen LogP contribution in [0.4, 0.5) is 4.39 Å². The lowest BCUT2D eigenvalue weighted by atomic mass is 10.1. The van der Waals surface area contributed by atoms with Crippen LogP contribution in [-0.4, -0.2) is 11.2 Å². The molecule has 4 heteroatoms. The van der Waals surface area contributed by atoms with Crippen molar-refractivity contribution in [3.05, 3.63) is 71.0 Å². The number of amides is 1. The minimum absolute atomic E-state index is 0.0758.